The molecular formula is C16H20Cl3N3O2. The van der Waals surface area contributed by atoms with E-state index < -0.39 is 0 Å². The van der Waals surface area contributed by atoms with Crippen LogP contribution in [-0.4, -0.2) is 41.5 Å². The van der Waals surface area contributed by atoms with Gasteiger partial charge in [0.1, 0.15) is 11.3 Å². The molecule has 132 valence electrons. The van der Waals surface area contributed by atoms with Crippen molar-refractivity contribution in [3.63, 3.8) is 0 Å². The Labute approximate surface area is 158 Å². The number of nitrogens with zero attached hydrogens (tertiary/aromatic N) is 2. The zero-order chi connectivity index (χ0) is 15.5. The number of likely N-dealkylation sites (tertiary alicyclic amines) is 1. The van der Waals surface area contributed by atoms with E-state index in [9.17, 15) is 4.79 Å². The highest BCUT2D eigenvalue weighted by Crippen LogP contribution is 2.29. The van der Waals surface area contributed by atoms with Crippen molar-refractivity contribution in [3.8, 4) is 5.75 Å². The van der Waals surface area contributed by atoms with Gasteiger partial charge in [0.15, 0.2) is 6.61 Å². The number of benzene rings is 1. The van der Waals surface area contributed by atoms with Crippen molar-refractivity contribution < 1.29 is 9.53 Å². The maximum absolute atomic E-state index is 12.2. The lowest BCUT2D eigenvalue weighted by Crippen LogP contribution is -2.44. The maximum Gasteiger partial charge on any atom is 0.260 e. The summed E-state index contributed by atoms with van der Waals surface area (Å²) < 4.78 is 5.67. The lowest BCUT2D eigenvalue weighted by molar-refractivity contribution is -0.134. The molecule has 0 saturated carbocycles. The van der Waals surface area contributed by atoms with Crippen molar-refractivity contribution in [3.05, 3.63) is 35.5 Å². The molecular weight excluding hydrogens is 373 g/mol. The van der Waals surface area contributed by atoms with Gasteiger partial charge in [-0.25, -0.2) is 0 Å². The van der Waals surface area contributed by atoms with Crippen LogP contribution in [0.2, 0.25) is 5.02 Å². The maximum atomic E-state index is 12.2. The third-order valence-corrected chi connectivity index (χ3v) is 4.25. The van der Waals surface area contributed by atoms with Crippen LogP contribution < -0.4 is 10.5 Å². The molecule has 1 aliphatic heterocycles. The molecule has 0 unspecified atom stereocenters. The van der Waals surface area contributed by atoms with E-state index in [1.165, 1.54) is 0 Å². The molecule has 1 fully saturated rings. The minimum Gasteiger partial charge on any atom is -0.481 e. The van der Waals surface area contributed by atoms with Crippen LogP contribution in [0, 0.1) is 0 Å². The van der Waals surface area contributed by atoms with Gasteiger partial charge in [-0.05, 0) is 37.1 Å². The lowest BCUT2D eigenvalue weighted by Gasteiger charge is -2.30. The van der Waals surface area contributed by atoms with Crippen molar-refractivity contribution in [2.45, 2.75) is 18.9 Å². The third-order valence-electron chi connectivity index (χ3n) is 3.92. The molecule has 2 heterocycles. The topological polar surface area (TPSA) is 68.5 Å². The van der Waals surface area contributed by atoms with Crippen LogP contribution in [0.3, 0.4) is 0 Å². The Morgan fingerprint density at radius 2 is 2.00 bits per heavy atom. The van der Waals surface area contributed by atoms with Gasteiger partial charge in [0.2, 0.25) is 0 Å². The number of aromatic nitrogens is 1. The predicted molar refractivity (Wildman–Crippen MR) is 101 cm³/mol. The molecule has 2 aromatic rings. The number of hydrogen-bond acceptors (Lipinski definition) is 4. The molecule has 3 rings (SSSR count). The highest BCUT2D eigenvalue weighted by molar-refractivity contribution is 6.35. The van der Waals surface area contributed by atoms with Gasteiger partial charge in [0.25, 0.3) is 5.91 Å². The summed E-state index contributed by atoms with van der Waals surface area (Å²) in [5, 5.41) is 1.44. The Balaban J connectivity index is 0.00000144. The van der Waals surface area contributed by atoms with Gasteiger partial charge >= 0.3 is 0 Å². The highest BCUT2D eigenvalue weighted by atomic mass is 35.5. The second-order valence-electron chi connectivity index (χ2n) is 5.45. The molecule has 1 aromatic heterocycles. The molecule has 1 aromatic carbocycles. The monoisotopic (exact) mass is 391 g/mol. The van der Waals surface area contributed by atoms with Gasteiger partial charge < -0.3 is 15.4 Å². The fraction of sp³-hybridized carbons (Fsp3) is 0.375. The highest BCUT2D eigenvalue weighted by Gasteiger charge is 2.21. The number of rotatable bonds is 3. The fourth-order valence-electron chi connectivity index (χ4n) is 2.61. The SMILES string of the molecule is Cl.Cl.NC1CCN(C(=O)COc2ccc(Cl)c3cccnc23)CC1. The molecule has 0 atom stereocenters. The molecule has 1 amide bonds. The first-order valence-corrected chi connectivity index (χ1v) is 7.72. The number of fused-ring (bicyclic) bond motifs is 1. The summed E-state index contributed by atoms with van der Waals surface area (Å²) in [4.78, 5) is 18.3. The number of amides is 1. The number of carbonyl (C=O) groups excluding carboxylic acids is 1. The van der Waals surface area contributed by atoms with Crippen LogP contribution in [0.15, 0.2) is 30.5 Å². The van der Waals surface area contributed by atoms with Gasteiger partial charge in [-0.2, -0.15) is 0 Å². The quantitative estimate of drug-likeness (QED) is 0.871. The van der Waals surface area contributed by atoms with Crippen LogP contribution in [0.5, 0.6) is 5.75 Å². The smallest absolute Gasteiger partial charge is 0.260 e. The zero-order valence-corrected chi connectivity index (χ0v) is 15.4. The number of halogens is 3. The van der Waals surface area contributed by atoms with E-state index in [2.05, 4.69) is 4.98 Å². The predicted octanol–water partition coefficient (Wildman–Crippen LogP) is 3.06. The van der Waals surface area contributed by atoms with E-state index in [1.54, 1.807) is 23.2 Å². The summed E-state index contributed by atoms with van der Waals surface area (Å²) in [5.41, 5.74) is 6.52. The van der Waals surface area contributed by atoms with Crippen molar-refractivity contribution in [2.75, 3.05) is 19.7 Å². The molecule has 24 heavy (non-hydrogen) atoms. The van der Waals surface area contributed by atoms with E-state index in [-0.39, 0.29) is 43.4 Å². The van der Waals surface area contributed by atoms with Crippen LogP contribution in [0.1, 0.15) is 12.8 Å². The van der Waals surface area contributed by atoms with E-state index in [0.717, 1.165) is 18.2 Å². The number of piperidine rings is 1. The summed E-state index contributed by atoms with van der Waals surface area (Å²) in [6.45, 7) is 1.40. The molecule has 0 radical (unpaired) electrons. The molecule has 0 aliphatic carbocycles. The van der Waals surface area contributed by atoms with Crippen molar-refractivity contribution >= 4 is 53.2 Å². The molecule has 0 spiro atoms. The lowest BCUT2D eigenvalue weighted by atomic mass is 10.1. The largest absolute Gasteiger partial charge is 0.481 e. The van der Waals surface area contributed by atoms with E-state index in [0.29, 0.717) is 29.4 Å². The summed E-state index contributed by atoms with van der Waals surface area (Å²) in [5.74, 6) is 0.549. The summed E-state index contributed by atoms with van der Waals surface area (Å²) >= 11 is 6.14. The fourth-order valence-corrected chi connectivity index (χ4v) is 2.82. The van der Waals surface area contributed by atoms with E-state index >= 15 is 0 Å². The minimum absolute atomic E-state index is 0. The van der Waals surface area contributed by atoms with Gasteiger partial charge in [-0.15, -0.1) is 24.8 Å². The molecule has 2 N–H and O–H groups in total. The van der Waals surface area contributed by atoms with Crippen LogP contribution >= 0.6 is 36.4 Å². The number of carbonyl (C=O) groups is 1. The Kier molecular flexibility index (Phi) is 8.03. The van der Waals surface area contributed by atoms with Crippen LogP contribution in [0.25, 0.3) is 10.9 Å². The van der Waals surface area contributed by atoms with Gasteiger partial charge in [-0.1, -0.05) is 11.6 Å². The number of ether oxygens (including phenoxy) is 1. The summed E-state index contributed by atoms with van der Waals surface area (Å²) in [6, 6.07) is 7.41. The molecule has 8 heteroatoms. The average Bonchev–Trinajstić information content (AvgIpc) is 2.55. The molecule has 0 bridgehead atoms. The first-order chi connectivity index (χ1) is 10.6. The third kappa shape index (κ3) is 4.63. The summed E-state index contributed by atoms with van der Waals surface area (Å²) in [6.07, 6.45) is 3.37. The van der Waals surface area contributed by atoms with Crippen molar-refractivity contribution in [1.29, 1.82) is 0 Å². The van der Waals surface area contributed by atoms with E-state index in [4.69, 9.17) is 22.1 Å². The van der Waals surface area contributed by atoms with Gasteiger partial charge in [0, 0.05) is 30.7 Å². The Hall–Kier alpha value is -1.27. The normalized spacial score (nSPS) is 14.7. The van der Waals surface area contributed by atoms with Crippen molar-refractivity contribution in [1.82, 2.24) is 9.88 Å². The first kappa shape index (κ1) is 20.8. The zero-order valence-electron chi connectivity index (χ0n) is 13.0. The molecule has 5 nitrogen and oxygen atoms in total. The van der Waals surface area contributed by atoms with Crippen LogP contribution in [-0.2, 0) is 4.79 Å². The van der Waals surface area contributed by atoms with Crippen molar-refractivity contribution in [2.24, 2.45) is 5.73 Å². The van der Waals surface area contributed by atoms with Gasteiger partial charge in [0.05, 0.1) is 5.02 Å². The second kappa shape index (κ2) is 9.28. The van der Waals surface area contributed by atoms with Gasteiger partial charge in [-0.3, -0.25) is 9.78 Å². The Morgan fingerprint density at radius 1 is 1.29 bits per heavy atom. The number of hydrogen-bond donors (Lipinski definition) is 1. The summed E-state index contributed by atoms with van der Waals surface area (Å²) in [7, 11) is 0. The first-order valence-electron chi connectivity index (χ1n) is 7.34. The Morgan fingerprint density at radius 3 is 2.71 bits per heavy atom. The average molecular weight is 393 g/mol. The molecule has 1 saturated heterocycles. The standard InChI is InChI=1S/C16H18ClN3O2.2ClH/c17-13-3-4-14(16-12(13)2-1-7-19-16)22-10-15(21)20-8-5-11(18)6-9-20;;/h1-4,7,11H,5-6,8-10,18H2;2*1H. The van der Waals surface area contributed by atoms with E-state index in [1.807, 2.05) is 12.1 Å². The minimum atomic E-state index is -0.0223. The molecule has 1 aliphatic rings. The van der Waals surface area contributed by atoms with Crippen LogP contribution in [0.4, 0.5) is 0 Å². The number of pyridine rings is 1. The second-order valence-corrected chi connectivity index (χ2v) is 5.86. The number of nitrogens with two attached hydrogens (primary N) is 1. The Bertz CT molecular complexity index is 691.